The molecule has 0 aromatic carbocycles. The molecule has 1 unspecified atom stereocenters. The minimum absolute atomic E-state index is 0.197. The van der Waals surface area contributed by atoms with E-state index in [2.05, 4.69) is 10.5 Å². The van der Waals surface area contributed by atoms with Crippen molar-refractivity contribution in [3.05, 3.63) is 39.4 Å². The van der Waals surface area contributed by atoms with Crippen LogP contribution in [0.5, 0.6) is 0 Å². The molecule has 2 aromatic rings. The number of rotatable bonds is 4. The van der Waals surface area contributed by atoms with E-state index in [1.807, 2.05) is 31.4 Å². The first-order valence-electron chi connectivity index (χ1n) is 5.58. The number of aromatic nitrogens is 1. The molecule has 1 atom stereocenters. The Kier molecular flexibility index (Phi) is 3.78. The molecule has 2 heterocycles. The molecule has 18 heavy (non-hydrogen) atoms. The molecule has 0 aliphatic heterocycles. The molecule has 0 spiro atoms. The first-order valence-corrected chi connectivity index (χ1v) is 6.46. The lowest BCUT2D eigenvalue weighted by molar-refractivity contribution is -0.122. The SMILES string of the molecule is Cc1noc(C)c1CNC(=O)C(N)c1cccs1. The Hall–Kier alpha value is -1.66. The summed E-state index contributed by atoms with van der Waals surface area (Å²) in [5.74, 6) is 0.523. The van der Waals surface area contributed by atoms with Crippen molar-refractivity contribution < 1.29 is 9.32 Å². The zero-order chi connectivity index (χ0) is 13.1. The summed E-state index contributed by atoms with van der Waals surface area (Å²) in [4.78, 5) is 12.7. The molecule has 0 radical (unpaired) electrons. The summed E-state index contributed by atoms with van der Waals surface area (Å²) in [5.41, 5.74) is 7.55. The summed E-state index contributed by atoms with van der Waals surface area (Å²) in [5, 5.41) is 8.53. The van der Waals surface area contributed by atoms with E-state index in [0.29, 0.717) is 6.54 Å². The van der Waals surface area contributed by atoms with Crippen molar-refractivity contribution in [2.45, 2.75) is 26.4 Å². The second kappa shape index (κ2) is 5.32. The highest BCUT2D eigenvalue weighted by Gasteiger charge is 2.17. The first kappa shape index (κ1) is 12.8. The number of amides is 1. The van der Waals surface area contributed by atoms with Gasteiger partial charge in [0, 0.05) is 17.0 Å². The number of hydrogen-bond acceptors (Lipinski definition) is 5. The van der Waals surface area contributed by atoms with E-state index >= 15 is 0 Å². The van der Waals surface area contributed by atoms with E-state index in [4.69, 9.17) is 10.3 Å². The molecule has 2 aromatic heterocycles. The fourth-order valence-electron chi connectivity index (χ4n) is 1.64. The second-order valence-electron chi connectivity index (χ2n) is 4.01. The summed E-state index contributed by atoms with van der Waals surface area (Å²) in [6.07, 6.45) is 0. The summed E-state index contributed by atoms with van der Waals surface area (Å²) < 4.78 is 5.03. The first-order chi connectivity index (χ1) is 8.59. The van der Waals surface area contributed by atoms with Gasteiger partial charge in [-0.2, -0.15) is 0 Å². The average molecular weight is 265 g/mol. The number of aryl methyl sites for hydroxylation is 2. The maximum Gasteiger partial charge on any atom is 0.242 e. The molecule has 0 saturated carbocycles. The number of carbonyl (C=O) groups is 1. The highest BCUT2D eigenvalue weighted by Crippen LogP contribution is 2.17. The van der Waals surface area contributed by atoms with Gasteiger partial charge in [0.25, 0.3) is 0 Å². The molecule has 3 N–H and O–H groups in total. The Morgan fingerprint density at radius 2 is 2.39 bits per heavy atom. The Morgan fingerprint density at radius 3 is 2.94 bits per heavy atom. The number of nitrogens with one attached hydrogen (secondary N) is 1. The van der Waals surface area contributed by atoms with Crippen molar-refractivity contribution in [1.82, 2.24) is 10.5 Å². The van der Waals surface area contributed by atoms with Crippen molar-refractivity contribution in [2.75, 3.05) is 0 Å². The van der Waals surface area contributed by atoms with E-state index in [1.54, 1.807) is 0 Å². The predicted octanol–water partition coefficient (Wildman–Crippen LogP) is 1.67. The summed E-state index contributed by atoms with van der Waals surface area (Å²) in [6.45, 7) is 4.05. The van der Waals surface area contributed by atoms with Crippen molar-refractivity contribution in [2.24, 2.45) is 5.73 Å². The molecule has 0 fully saturated rings. The predicted molar refractivity (Wildman–Crippen MR) is 69.1 cm³/mol. The van der Waals surface area contributed by atoms with Crippen LogP contribution in [0.1, 0.15) is 27.9 Å². The van der Waals surface area contributed by atoms with Crippen molar-refractivity contribution >= 4 is 17.2 Å². The summed E-state index contributed by atoms with van der Waals surface area (Å²) in [7, 11) is 0. The van der Waals surface area contributed by atoms with Crippen LogP contribution < -0.4 is 11.1 Å². The Balaban J connectivity index is 1.97. The number of carbonyl (C=O) groups excluding carboxylic acids is 1. The van der Waals surface area contributed by atoms with Gasteiger partial charge < -0.3 is 15.6 Å². The molecule has 0 bridgehead atoms. The van der Waals surface area contributed by atoms with Crippen LogP contribution in [-0.4, -0.2) is 11.1 Å². The lowest BCUT2D eigenvalue weighted by Gasteiger charge is -2.10. The number of hydrogen-bond donors (Lipinski definition) is 2. The van der Waals surface area contributed by atoms with Gasteiger partial charge in [-0.05, 0) is 25.3 Å². The van der Waals surface area contributed by atoms with Gasteiger partial charge in [-0.25, -0.2) is 0 Å². The molecular weight excluding hydrogens is 250 g/mol. The van der Waals surface area contributed by atoms with Crippen LogP contribution >= 0.6 is 11.3 Å². The minimum atomic E-state index is -0.620. The van der Waals surface area contributed by atoms with Crippen LogP contribution in [0.2, 0.25) is 0 Å². The molecule has 6 heteroatoms. The van der Waals surface area contributed by atoms with Gasteiger partial charge in [0.15, 0.2) is 0 Å². The van der Waals surface area contributed by atoms with Gasteiger partial charge in [0.2, 0.25) is 5.91 Å². The maximum absolute atomic E-state index is 11.9. The normalized spacial score (nSPS) is 12.4. The largest absolute Gasteiger partial charge is 0.361 e. The standard InChI is InChI=1S/C12H15N3O2S/c1-7-9(8(2)17-15-7)6-14-12(16)11(13)10-4-3-5-18-10/h3-5,11H,6,13H2,1-2H3,(H,14,16). The number of thiophene rings is 1. The van der Waals surface area contributed by atoms with Gasteiger partial charge >= 0.3 is 0 Å². The van der Waals surface area contributed by atoms with Gasteiger partial charge in [-0.1, -0.05) is 11.2 Å². The third-order valence-electron chi connectivity index (χ3n) is 2.75. The van der Waals surface area contributed by atoms with E-state index < -0.39 is 6.04 Å². The van der Waals surface area contributed by atoms with Crippen molar-refractivity contribution in [3.8, 4) is 0 Å². The van der Waals surface area contributed by atoms with Crippen LogP contribution in [-0.2, 0) is 11.3 Å². The van der Waals surface area contributed by atoms with Gasteiger partial charge in [-0.15, -0.1) is 11.3 Å². The number of nitrogens with zero attached hydrogens (tertiary/aromatic N) is 1. The highest BCUT2D eigenvalue weighted by atomic mass is 32.1. The van der Waals surface area contributed by atoms with Crippen LogP contribution in [0.25, 0.3) is 0 Å². The summed E-state index contributed by atoms with van der Waals surface area (Å²) >= 11 is 1.47. The minimum Gasteiger partial charge on any atom is -0.361 e. The molecular formula is C12H15N3O2S. The molecule has 0 saturated heterocycles. The number of nitrogens with two attached hydrogens (primary N) is 1. The topological polar surface area (TPSA) is 81.2 Å². The average Bonchev–Trinajstić information content (AvgIpc) is 2.97. The zero-order valence-electron chi connectivity index (χ0n) is 10.3. The molecule has 0 aliphatic rings. The Morgan fingerprint density at radius 1 is 1.61 bits per heavy atom. The van der Waals surface area contributed by atoms with E-state index in [1.165, 1.54) is 11.3 Å². The maximum atomic E-state index is 11.9. The second-order valence-corrected chi connectivity index (χ2v) is 4.99. The lowest BCUT2D eigenvalue weighted by Crippen LogP contribution is -2.33. The van der Waals surface area contributed by atoms with Crippen LogP contribution in [0.3, 0.4) is 0 Å². The molecule has 0 aliphatic carbocycles. The van der Waals surface area contributed by atoms with E-state index in [-0.39, 0.29) is 5.91 Å². The summed E-state index contributed by atoms with van der Waals surface area (Å²) in [6, 6.07) is 3.11. The lowest BCUT2D eigenvalue weighted by atomic mass is 10.2. The van der Waals surface area contributed by atoms with Gasteiger partial charge in [0.05, 0.1) is 5.69 Å². The van der Waals surface area contributed by atoms with Crippen LogP contribution in [0.4, 0.5) is 0 Å². The molecule has 1 amide bonds. The van der Waals surface area contributed by atoms with Crippen molar-refractivity contribution in [3.63, 3.8) is 0 Å². The fourth-order valence-corrected chi connectivity index (χ4v) is 2.36. The van der Waals surface area contributed by atoms with E-state index in [9.17, 15) is 4.79 Å². The Labute approximate surface area is 109 Å². The third kappa shape index (κ3) is 2.60. The molecule has 5 nitrogen and oxygen atoms in total. The smallest absolute Gasteiger partial charge is 0.242 e. The monoisotopic (exact) mass is 265 g/mol. The van der Waals surface area contributed by atoms with Gasteiger partial charge in [0.1, 0.15) is 11.8 Å². The Bertz CT molecular complexity index is 514. The quantitative estimate of drug-likeness (QED) is 0.881. The van der Waals surface area contributed by atoms with Crippen LogP contribution in [0.15, 0.2) is 22.0 Å². The third-order valence-corrected chi connectivity index (χ3v) is 3.71. The molecule has 2 rings (SSSR count). The van der Waals surface area contributed by atoms with Crippen LogP contribution in [0, 0.1) is 13.8 Å². The fraction of sp³-hybridized carbons (Fsp3) is 0.333. The van der Waals surface area contributed by atoms with Crippen molar-refractivity contribution in [1.29, 1.82) is 0 Å². The van der Waals surface area contributed by atoms with E-state index in [0.717, 1.165) is 21.9 Å². The molecule has 96 valence electrons. The van der Waals surface area contributed by atoms with Gasteiger partial charge in [-0.3, -0.25) is 4.79 Å². The zero-order valence-corrected chi connectivity index (χ0v) is 11.1. The highest BCUT2D eigenvalue weighted by molar-refractivity contribution is 7.10.